The summed E-state index contributed by atoms with van der Waals surface area (Å²) in [6, 6.07) is -0.313. The van der Waals surface area contributed by atoms with Gasteiger partial charge in [0.15, 0.2) is 0 Å². The van der Waals surface area contributed by atoms with Crippen LogP contribution in [0.25, 0.3) is 0 Å². The number of rotatable bonds is 7. The predicted octanol–water partition coefficient (Wildman–Crippen LogP) is 1.58. The van der Waals surface area contributed by atoms with E-state index >= 15 is 0 Å². The summed E-state index contributed by atoms with van der Waals surface area (Å²) in [4.78, 5) is 13.0. The van der Waals surface area contributed by atoms with E-state index in [0.29, 0.717) is 39.0 Å². The molecule has 1 aliphatic rings. The number of alkyl halides is 3. The number of nitrogens with zero attached hydrogens (tertiary/aromatic N) is 1. The molecule has 3 atom stereocenters. The lowest BCUT2D eigenvalue weighted by Gasteiger charge is -2.18. The highest BCUT2D eigenvalue weighted by Gasteiger charge is 2.34. The number of amides is 2. The SMILES string of the molecule is CC(O)CC(C)CNC(=O)NCC1CCN(CC(F)(F)F)C1. The van der Waals surface area contributed by atoms with Gasteiger partial charge in [0.05, 0.1) is 12.6 Å². The number of hydrogen-bond acceptors (Lipinski definition) is 3. The van der Waals surface area contributed by atoms with E-state index in [1.807, 2.05) is 6.92 Å². The Balaban J connectivity index is 2.15. The van der Waals surface area contributed by atoms with Crippen molar-refractivity contribution >= 4 is 6.03 Å². The molecule has 3 unspecified atom stereocenters. The lowest BCUT2D eigenvalue weighted by Crippen LogP contribution is -2.41. The van der Waals surface area contributed by atoms with E-state index < -0.39 is 18.8 Å². The molecular formula is C14H26F3N3O2. The first-order valence-electron chi connectivity index (χ1n) is 7.64. The Labute approximate surface area is 129 Å². The Morgan fingerprint density at radius 2 is 2.05 bits per heavy atom. The minimum Gasteiger partial charge on any atom is -0.393 e. The summed E-state index contributed by atoms with van der Waals surface area (Å²) in [6.07, 6.45) is -3.30. The van der Waals surface area contributed by atoms with Gasteiger partial charge in [0.1, 0.15) is 0 Å². The maximum absolute atomic E-state index is 12.3. The first-order valence-corrected chi connectivity index (χ1v) is 7.64. The molecule has 0 aliphatic carbocycles. The first kappa shape index (κ1) is 19.0. The maximum atomic E-state index is 12.3. The van der Waals surface area contributed by atoms with Gasteiger partial charge in [0.2, 0.25) is 0 Å². The molecule has 1 rings (SSSR count). The van der Waals surface area contributed by atoms with Gasteiger partial charge in [-0.2, -0.15) is 13.2 Å². The summed E-state index contributed by atoms with van der Waals surface area (Å²) < 4.78 is 36.8. The zero-order chi connectivity index (χ0) is 16.8. The molecule has 5 nitrogen and oxygen atoms in total. The molecule has 1 fully saturated rings. The normalized spacial score (nSPS) is 22.4. The molecule has 0 bridgehead atoms. The second-order valence-corrected chi connectivity index (χ2v) is 6.29. The molecule has 0 spiro atoms. The van der Waals surface area contributed by atoms with Gasteiger partial charge in [-0.1, -0.05) is 6.92 Å². The number of urea groups is 1. The van der Waals surface area contributed by atoms with Crippen LogP contribution in [0, 0.1) is 11.8 Å². The summed E-state index contributed by atoms with van der Waals surface area (Å²) >= 11 is 0. The molecule has 0 aromatic rings. The third-order valence-electron chi connectivity index (χ3n) is 3.68. The van der Waals surface area contributed by atoms with Crippen LogP contribution < -0.4 is 10.6 Å². The van der Waals surface area contributed by atoms with Gasteiger partial charge < -0.3 is 15.7 Å². The van der Waals surface area contributed by atoms with Crippen molar-refractivity contribution < 1.29 is 23.1 Å². The van der Waals surface area contributed by atoms with E-state index in [2.05, 4.69) is 10.6 Å². The van der Waals surface area contributed by atoms with E-state index in [-0.39, 0.29) is 17.9 Å². The van der Waals surface area contributed by atoms with Crippen LogP contribution >= 0.6 is 0 Å². The monoisotopic (exact) mass is 325 g/mol. The van der Waals surface area contributed by atoms with Crippen molar-refractivity contribution in [2.45, 2.75) is 39.0 Å². The van der Waals surface area contributed by atoms with Crippen molar-refractivity contribution in [1.82, 2.24) is 15.5 Å². The number of carbonyl (C=O) groups is 1. The van der Waals surface area contributed by atoms with Gasteiger partial charge in [-0.15, -0.1) is 0 Å². The lowest BCUT2D eigenvalue weighted by atomic mass is 10.1. The molecule has 2 amide bonds. The van der Waals surface area contributed by atoms with Crippen LogP contribution in [0.1, 0.15) is 26.7 Å². The van der Waals surface area contributed by atoms with E-state index in [4.69, 9.17) is 0 Å². The Morgan fingerprint density at radius 1 is 1.36 bits per heavy atom. The van der Waals surface area contributed by atoms with E-state index in [0.717, 1.165) is 0 Å². The number of aliphatic hydroxyl groups is 1. The minimum absolute atomic E-state index is 0.0583. The second kappa shape index (κ2) is 8.57. The average molecular weight is 325 g/mol. The highest BCUT2D eigenvalue weighted by molar-refractivity contribution is 5.73. The largest absolute Gasteiger partial charge is 0.401 e. The molecule has 1 aliphatic heterocycles. The number of likely N-dealkylation sites (tertiary alicyclic amines) is 1. The van der Waals surface area contributed by atoms with E-state index in [9.17, 15) is 23.1 Å². The minimum atomic E-state index is -4.17. The smallest absolute Gasteiger partial charge is 0.393 e. The summed E-state index contributed by atoms with van der Waals surface area (Å²) in [5, 5.41) is 14.6. The fourth-order valence-electron chi connectivity index (χ4n) is 2.71. The quantitative estimate of drug-likeness (QED) is 0.666. The molecule has 1 saturated heterocycles. The molecule has 8 heteroatoms. The van der Waals surface area contributed by atoms with Gasteiger partial charge in [-0.3, -0.25) is 4.90 Å². The molecule has 3 N–H and O–H groups in total. The molecule has 0 radical (unpaired) electrons. The summed E-state index contributed by atoms with van der Waals surface area (Å²) in [5.74, 6) is 0.225. The molecule has 1 heterocycles. The summed E-state index contributed by atoms with van der Waals surface area (Å²) in [6.45, 7) is 4.36. The molecule has 0 aromatic carbocycles. The van der Waals surface area contributed by atoms with Crippen LogP contribution in [-0.4, -0.2) is 61.0 Å². The molecular weight excluding hydrogens is 299 g/mol. The first-order chi connectivity index (χ1) is 10.2. The Bertz CT molecular complexity index is 351. The van der Waals surface area contributed by atoms with Crippen LogP contribution in [0.2, 0.25) is 0 Å². The van der Waals surface area contributed by atoms with Crippen molar-refractivity contribution in [1.29, 1.82) is 0 Å². The topological polar surface area (TPSA) is 64.6 Å². The van der Waals surface area contributed by atoms with Gasteiger partial charge in [0.25, 0.3) is 0 Å². The standard InChI is InChI=1S/C14H26F3N3O2/c1-10(5-11(2)21)6-18-13(22)19-7-12-3-4-20(8-12)9-14(15,16)17/h10-12,21H,3-9H2,1-2H3,(H2,18,19,22). The number of aliphatic hydroxyl groups excluding tert-OH is 1. The third-order valence-corrected chi connectivity index (χ3v) is 3.68. The van der Waals surface area contributed by atoms with Gasteiger partial charge >= 0.3 is 12.2 Å². The number of halogens is 3. The fraction of sp³-hybridized carbons (Fsp3) is 0.929. The van der Waals surface area contributed by atoms with Crippen molar-refractivity contribution in [3.63, 3.8) is 0 Å². The number of hydrogen-bond donors (Lipinski definition) is 3. The van der Waals surface area contributed by atoms with Crippen LogP contribution in [0.5, 0.6) is 0 Å². The third kappa shape index (κ3) is 8.43. The molecule has 130 valence electrons. The summed E-state index contributed by atoms with van der Waals surface area (Å²) in [5.41, 5.74) is 0. The lowest BCUT2D eigenvalue weighted by molar-refractivity contribution is -0.143. The highest BCUT2D eigenvalue weighted by Crippen LogP contribution is 2.22. The van der Waals surface area contributed by atoms with Crippen LogP contribution in [0.15, 0.2) is 0 Å². The molecule has 0 aromatic heterocycles. The van der Waals surface area contributed by atoms with Gasteiger partial charge in [-0.25, -0.2) is 4.79 Å². The molecule has 0 saturated carbocycles. The van der Waals surface area contributed by atoms with Crippen LogP contribution in [0.3, 0.4) is 0 Å². The average Bonchev–Trinajstić information content (AvgIpc) is 2.78. The Kier molecular flexibility index (Phi) is 7.41. The number of carbonyl (C=O) groups excluding carboxylic acids is 1. The predicted molar refractivity (Wildman–Crippen MR) is 77.5 cm³/mol. The highest BCUT2D eigenvalue weighted by atomic mass is 19.4. The van der Waals surface area contributed by atoms with Crippen molar-refractivity contribution in [2.75, 3.05) is 32.7 Å². The van der Waals surface area contributed by atoms with Crippen molar-refractivity contribution in [3.05, 3.63) is 0 Å². The maximum Gasteiger partial charge on any atom is 0.401 e. The van der Waals surface area contributed by atoms with Crippen molar-refractivity contribution in [2.24, 2.45) is 11.8 Å². The second-order valence-electron chi connectivity index (χ2n) is 6.29. The fourth-order valence-corrected chi connectivity index (χ4v) is 2.71. The van der Waals surface area contributed by atoms with E-state index in [1.54, 1.807) is 6.92 Å². The van der Waals surface area contributed by atoms with Crippen LogP contribution in [0.4, 0.5) is 18.0 Å². The zero-order valence-corrected chi connectivity index (χ0v) is 13.1. The van der Waals surface area contributed by atoms with Crippen molar-refractivity contribution in [3.8, 4) is 0 Å². The Morgan fingerprint density at radius 3 is 2.64 bits per heavy atom. The van der Waals surface area contributed by atoms with Gasteiger partial charge in [0, 0.05) is 19.6 Å². The van der Waals surface area contributed by atoms with Crippen LogP contribution in [-0.2, 0) is 0 Å². The summed E-state index contributed by atoms with van der Waals surface area (Å²) in [7, 11) is 0. The molecule has 22 heavy (non-hydrogen) atoms. The number of nitrogens with one attached hydrogen (secondary N) is 2. The zero-order valence-electron chi connectivity index (χ0n) is 13.1. The van der Waals surface area contributed by atoms with Gasteiger partial charge in [-0.05, 0) is 38.1 Å². The van der Waals surface area contributed by atoms with E-state index in [1.165, 1.54) is 4.90 Å². The Hall–Kier alpha value is -1.02.